The molecule has 0 atom stereocenters. The van der Waals surface area contributed by atoms with Gasteiger partial charge in [0.25, 0.3) is 0 Å². The summed E-state index contributed by atoms with van der Waals surface area (Å²) in [5.74, 6) is -1.26. The van der Waals surface area contributed by atoms with Crippen molar-refractivity contribution in [3.8, 4) is 0 Å². The first-order chi connectivity index (χ1) is 8.90. The molecule has 0 unspecified atom stereocenters. The summed E-state index contributed by atoms with van der Waals surface area (Å²) in [5, 5.41) is 49.5. The Hall–Kier alpha value is -0.730. The summed E-state index contributed by atoms with van der Waals surface area (Å²) >= 11 is 0. The Morgan fingerprint density at radius 1 is 1.16 bits per heavy atom. The first-order valence-corrected chi connectivity index (χ1v) is 6.43. The van der Waals surface area contributed by atoms with Crippen LogP contribution in [0.3, 0.4) is 0 Å². The summed E-state index contributed by atoms with van der Waals surface area (Å²) in [6.45, 7) is -1.25. The SMILES string of the molecule is O=C(O)C1CCC(O)(CNC(CO)(CO)CO)CC1. The van der Waals surface area contributed by atoms with Crippen molar-refractivity contribution < 1.29 is 30.3 Å². The normalized spacial score (nSPS) is 28.3. The number of aliphatic hydroxyl groups excluding tert-OH is 3. The van der Waals surface area contributed by atoms with E-state index in [9.17, 15) is 9.90 Å². The molecule has 0 aromatic rings. The van der Waals surface area contributed by atoms with Crippen LogP contribution in [0, 0.1) is 5.92 Å². The molecule has 6 N–H and O–H groups in total. The first-order valence-electron chi connectivity index (χ1n) is 6.43. The highest BCUT2D eigenvalue weighted by Gasteiger charge is 2.38. The second kappa shape index (κ2) is 6.62. The fourth-order valence-corrected chi connectivity index (χ4v) is 2.25. The van der Waals surface area contributed by atoms with Gasteiger partial charge in [0.1, 0.15) is 0 Å². The lowest BCUT2D eigenvalue weighted by Crippen LogP contribution is -2.59. The molecule has 1 aliphatic rings. The molecule has 0 radical (unpaired) electrons. The maximum Gasteiger partial charge on any atom is 0.306 e. The van der Waals surface area contributed by atoms with Crippen LogP contribution < -0.4 is 5.32 Å². The molecular weight excluding hydrogens is 254 g/mol. The molecule has 7 heteroatoms. The molecule has 0 aromatic carbocycles. The lowest BCUT2D eigenvalue weighted by atomic mass is 9.78. The van der Waals surface area contributed by atoms with E-state index in [-0.39, 0.29) is 6.54 Å². The number of β-amino-alcohol motifs (C(OH)–C–C–N with tert-alkyl or cyclic N) is 1. The van der Waals surface area contributed by atoms with Crippen molar-refractivity contribution in [2.24, 2.45) is 5.92 Å². The van der Waals surface area contributed by atoms with Crippen molar-refractivity contribution >= 4 is 5.97 Å². The molecule has 0 amide bonds. The highest BCUT2D eigenvalue weighted by Crippen LogP contribution is 2.32. The van der Waals surface area contributed by atoms with E-state index in [0.717, 1.165) is 0 Å². The van der Waals surface area contributed by atoms with E-state index in [1.54, 1.807) is 0 Å². The minimum atomic E-state index is -1.22. The summed E-state index contributed by atoms with van der Waals surface area (Å²) in [6.07, 6.45) is 1.49. The van der Waals surface area contributed by atoms with E-state index in [2.05, 4.69) is 5.32 Å². The molecule has 0 saturated heterocycles. The van der Waals surface area contributed by atoms with E-state index in [1.165, 1.54) is 0 Å². The van der Waals surface area contributed by atoms with Crippen LogP contribution in [0.4, 0.5) is 0 Å². The second-order valence-electron chi connectivity index (χ2n) is 5.45. The fraction of sp³-hybridized carbons (Fsp3) is 0.917. The Balaban J connectivity index is 2.51. The smallest absolute Gasteiger partial charge is 0.306 e. The van der Waals surface area contributed by atoms with E-state index >= 15 is 0 Å². The van der Waals surface area contributed by atoms with E-state index < -0.39 is 42.8 Å². The monoisotopic (exact) mass is 277 g/mol. The zero-order valence-corrected chi connectivity index (χ0v) is 10.9. The highest BCUT2D eigenvalue weighted by atomic mass is 16.4. The van der Waals surface area contributed by atoms with Crippen LogP contribution in [0.5, 0.6) is 0 Å². The quantitative estimate of drug-likeness (QED) is 0.327. The average Bonchev–Trinajstić information content (AvgIpc) is 2.41. The number of carboxylic acids is 1. The van der Waals surface area contributed by atoms with Gasteiger partial charge in [0.2, 0.25) is 0 Å². The lowest BCUT2D eigenvalue weighted by Gasteiger charge is -2.38. The van der Waals surface area contributed by atoms with Crippen molar-refractivity contribution in [1.82, 2.24) is 5.32 Å². The largest absolute Gasteiger partial charge is 0.481 e. The van der Waals surface area contributed by atoms with Crippen molar-refractivity contribution in [1.29, 1.82) is 0 Å². The standard InChI is InChI=1S/C12H23NO6/c14-6-11(7-15,8-16)13-5-12(19)3-1-9(2-4-12)10(17)18/h9,13-16,19H,1-8H2,(H,17,18). The maximum atomic E-state index is 10.8. The molecule has 0 bridgehead atoms. The minimum Gasteiger partial charge on any atom is -0.481 e. The van der Waals surface area contributed by atoms with Gasteiger partial charge in [-0.1, -0.05) is 0 Å². The van der Waals surface area contributed by atoms with Crippen LogP contribution >= 0.6 is 0 Å². The van der Waals surface area contributed by atoms with Crippen LogP contribution in [0.2, 0.25) is 0 Å². The van der Waals surface area contributed by atoms with Gasteiger partial charge in [0.05, 0.1) is 36.9 Å². The molecule has 112 valence electrons. The summed E-state index contributed by atoms with van der Waals surface area (Å²) in [6, 6.07) is 0. The van der Waals surface area contributed by atoms with Gasteiger partial charge in [0.15, 0.2) is 0 Å². The molecule has 1 rings (SSSR count). The number of hydrogen-bond acceptors (Lipinski definition) is 6. The second-order valence-corrected chi connectivity index (χ2v) is 5.45. The third-order valence-corrected chi connectivity index (χ3v) is 3.97. The molecule has 19 heavy (non-hydrogen) atoms. The van der Waals surface area contributed by atoms with Crippen LogP contribution in [-0.2, 0) is 4.79 Å². The summed E-state index contributed by atoms with van der Waals surface area (Å²) in [5.41, 5.74) is -2.28. The molecule has 0 aromatic heterocycles. The predicted molar refractivity (Wildman–Crippen MR) is 66.5 cm³/mol. The zero-order valence-electron chi connectivity index (χ0n) is 10.9. The Bertz CT molecular complexity index is 288. The van der Waals surface area contributed by atoms with E-state index in [4.69, 9.17) is 20.4 Å². The number of carbonyl (C=O) groups is 1. The van der Waals surface area contributed by atoms with Crippen LogP contribution in [-0.4, -0.2) is 69.0 Å². The molecule has 1 saturated carbocycles. The van der Waals surface area contributed by atoms with Crippen molar-refractivity contribution in [2.45, 2.75) is 36.8 Å². The molecule has 1 aliphatic carbocycles. The molecular formula is C12H23NO6. The van der Waals surface area contributed by atoms with Gasteiger partial charge >= 0.3 is 5.97 Å². The average molecular weight is 277 g/mol. The summed E-state index contributed by atoms with van der Waals surface area (Å²) in [7, 11) is 0. The van der Waals surface area contributed by atoms with Gasteiger partial charge in [-0.3, -0.25) is 4.79 Å². The Kier molecular flexibility index (Phi) is 5.69. The fourth-order valence-electron chi connectivity index (χ4n) is 2.25. The third kappa shape index (κ3) is 4.12. The molecule has 7 nitrogen and oxygen atoms in total. The number of aliphatic hydroxyl groups is 4. The Morgan fingerprint density at radius 2 is 1.63 bits per heavy atom. The number of carboxylic acid groups (broad SMARTS) is 1. The minimum absolute atomic E-state index is 0.0982. The third-order valence-electron chi connectivity index (χ3n) is 3.97. The maximum absolute atomic E-state index is 10.8. The van der Waals surface area contributed by atoms with Gasteiger partial charge in [-0.05, 0) is 25.7 Å². The number of hydrogen-bond donors (Lipinski definition) is 6. The highest BCUT2D eigenvalue weighted by molar-refractivity contribution is 5.70. The van der Waals surface area contributed by atoms with Crippen molar-refractivity contribution in [2.75, 3.05) is 26.4 Å². The lowest BCUT2D eigenvalue weighted by molar-refractivity contribution is -0.144. The number of nitrogens with one attached hydrogen (secondary N) is 1. The van der Waals surface area contributed by atoms with E-state index in [0.29, 0.717) is 25.7 Å². The van der Waals surface area contributed by atoms with Crippen LogP contribution in [0.1, 0.15) is 25.7 Å². The van der Waals surface area contributed by atoms with Gasteiger partial charge in [-0.2, -0.15) is 0 Å². The molecule has 0 spiro atoms. The predicted octanol–water partition coefficient (Wildman–Crippen LogP) is -1.70. The Morgan fingerprint density at radius 3 is 2.00 bits per heavy atom. The van der Waals surface area contributed by atoms with Crippen LogP contribution in [0.15, 0.2) is 0 Å². The van der Waals surface area contributed by atoms with Gasteiger partial charge in [0, 0.05) is 6.54 Å². The van der Waals surface area contributed by atoms with Gasteiger partial charge in [-0.25, -0.2) is 0 Å². The van der Waals surface area contributed by atoms with Gasteiger partial charge in [-0.15, -0.1) is 0 Å². The molecule has 1 fully saturated rings. The first kappa shape index (κ1) is 16.3. The van der Waals surface area contributed by atoms with Crippen molar-refractivity contribution in [3.63, 3.8) is 0 Å². The number of aliphatic carboxylic acids is 1. The summed E-state index contributed by atoms with van der Waals surface area (Å²) < 4.78 is 0. The van der Waals surface area contributed by atoms with Crippen LogP contribution in [0.25, 0.3) is 0 Å². The van der Waals surface area contributed by atoms with Gasteiger partial charge < -0.3 is 30.8 Å². The number of rotatable bonds is 7. The van der Waals surface area contributed by atoms with Crippen molar-refractivity contribution in [3.05, 3.63) is 0 Å². The Labute approximate surface area is 111 Å². The molecule has 0 aliphatic heterocycles. The summed E-state index contributed by atoms with van der Waals surface area (Å²) in [4.78, 5) is 10.8. The van der Waals surface area contributed by atoms with E-state index in [1.807, 2.05) is 0 Å². The molecule has 0 heterocycles. The topological polar surface area (TPSA) is 130 Å². The zero-order chi connectivity index (χ0) is 14.5.